The van der Waals surface area contributed by atoms with Crippen LogP contribution in [-0.2, 0) is 9.53 Å². The maximum Gasteiger partial charge on any atom is 0.354 e. The first-order chi connectivity index (χ1) is 10.2. The molecule has 0 fully saturated rings. The summed E-state index contributed by atoms with van der Waals surface area (Å²) in [5.74, 6) is -0.321. The van der Waals surface area contributed by atoms with Gasteiger partial charge >= 0.3 is 5.97 Å². The zero-order valence-corrected chi connectivity index (χ0v) is 14.4. The van der Waals surface area contributed by atoms with Crippen LogP contribution in [0, 0.1) is 0 Å². The number of hydrogen-bond acceptors (Lipinski definition) is 3. The normalized spacial score (nSPS) is 10.4. The van der Waals surface area contributed by atoms with Gasteiger partial charge < -0.3 is 10.5 Å². The average Bonchev–Trinajstić information content (AvgIpc) is 2.50. The molecule has 3 nitrogen and oxygen atoms in total. The first-order valence-corrected chi connectivity index (χ1v) is 8.81. The van der Waals surface area contributed by atoms with Gasteiger partial charge in [-0.25, -0.2) is 4.79 Å². The average molecular weight is 297 g/mol. The summed E-state index contributed by atoms with van der Waals surface area (Å²) in [6, 6.07) is 0. The molecule has 2 N–H and O–H groups in total. The monoisotopic (exact) mass is 297 g/mol. The molecule has 0 spiro atoms. The molecule has 0 aliphatic heterocycles. The van der Waals surface area contributed by atoms with Gasteiger partial charge in [0.15, 0.2) is 0 Å². The molecule has 0 unspecified atom stereocenters. The predicted octanol–water partition coefficient (Wildman–Crippen LogP) is 5.09. The summed E-state index contributed by atoms with van der Waals surface area (Å²) in [5, 5.41) is 0. The molecule has 0 aliphatic rings. The molecule has 0 saturated carbocycles. The number of hydrogen-bond donors (Lipinski definition) is 1. The Morgan fingerprint density at radius 2 is 1.33 bits per heavy atom. The van der Waals surface area contributed by atoms with Crippen LogP contribution in [0.1, 0.15) is 91.4 Å². The molecule has 0 aromatic heterocycles. The number of ether oxygens (including phenoxy) is 1. The molecule has 124 valence electrons. The minimum absolute atomic E-state index is 0.321. The summed E-state index contributed by atoms with van der Waals surface area (Å²) < 4.78 is 5.17. The van der Waals surface area contributed by atoms with E-state index in [1.54, 1.807) is 0 Å². The van der Waals surface area contributed by atoms with Crippen molar-refractivity contribution in [1.82, 2.24) is 0 Å². The summed E-state index contributed by atoms with van der Waals surface area (Å²) in [5.41, 5.74) is 7.52. The molecule has 0 aromatic rings. The van der Waals surface area contributed by atoms with E-state index in [1.165, 1.54) is 38.5 Å². The van der Waals surface area contributed by atoms with Crippen molar-refractivity contribution in [3.05, 3.63) is 11.3 Å². The number of rotatable bonds is 13. The van der Waals surface area contributed by atoms with Gasteiger partial charge in [0.05, 0.1) is 6.61 Å². The van der Waals surface area contributed by atoms with Crippen LogP contribution < -0.4 is 5.73 Å². The molecule has 0 rings (SSSR count). The Morgan fingerprint density at radius 1 is 0.810 bits per heavy atom. The molecule has 0 bridgehead atoms. The van der Waals surface area contributed by atoms with Crippen LogP contribution >= 0.6 is 0 Å². The third-order valence-corrected chi connectivity index (χ3v) is 3.70. The van der Waals surface area contributed by atoms with Crippen molar-refractivity contribution in [2.45, 2.75) is 91.4 Å². The maximum absolute atomic E-state index is 11.9. The molecular formula is C18H35NO2. The summed E-state index contributed by atoms with van der Waals surface area (Å²) >= 11 is 0. The summed E-state index contributed by atoms with van der Waals surface area (Å²) in [4.78, 5) is 11.9. The number of carbonyl (C=O) groups is 1. The van der Waals surface area contributed by atoms with E-state index in [0.29, 0.717) is 12.3 Å². The lowest BCUT2D eigenvalue weighted by atomic mass is 9.98. The van der Waals surface area contributed by atoms with E-state index in [9.17, 15) is 4.79 Å². The van der Waals surface area contributed by atoms with Gasteiger partial charge in [-0.3, -0.25) is 0 Å². The second kappa shape index (κ2) is 14.0. The fourth-order valence-electron chi connectivity index (χ4n) is 2.34. The highest BCUT2D eigenvalue weighted by Crippen LogP contribution is 2.20. The standard InChI is InChI=1S/C18H35NO2/c1-4-7-9-11-13-16(14-12-10-8-5-2)17(19)18(20)21-15-6-3/h4-15,19H2,1-3H3. The molecule has 0 heterocycles. The quantitative estimate of drug-likeness (QED) is 0.292. The van der Waals surface area contributed by atoms with Crippen LogP contribution in [0.25, 0.3) is 0 Å². The lowest BCUT2D eigenvalue weighted by Gasteiger charge is -2.12. The second-order valence-electron chi connectivity index (χ2n) is 5.77. The van der Waals surface area contributed by atoms with E-state index in [1.807, 2.05) is 6.92 Å². The number of carbonyl (C=O) groups excluding carboxylic acids is 1. The van der Waals surface area contributed by atoms with Crippen LogP contribution in [0.4, 0.5) is 0 Å². The van der Waals surface area contributed by atoms with Crippen molar-refractivity contribution < 1.29 is 9.53 Å². The molecule has 0 aromatic carbocycles. The summed E-state index contributed by atoms with van der Waals surface area (Å²) in [6.07, 6.45) is 12.4. The minimum atomic E-state index is -0.321. The third-order valence-electron chi connectivity index (χ3n) is 3.70. The molecular weight excluding hydrogens is 262 g/mol. The highest BCUT2D eigenvalue weighted by molar-refractivity contribution is 5.88. The van der Waals surface area contributed by atoms with Crippen LogP contribution in [0.2, 0.25) is 0 Å². The summed E-state index contributed by atoms with van der Waals surface area (Å²) in [7, 11) is 0. The Hall–Kier alpha value is -0.990. The molecule has 0 saturated heterocycles. The van der Waals surface area contributed by atoms with Crippen LogP contribution in [0.5, 0.6) is 0 Å². The van der Waals surface area contributed by atoms with E-state index in [0.717, 1.165) is 37.7 Å². The van der Waals surface area contributed by atoms with Gasteiger partial charge in [0.2, 0.25) is 0 Å². The number of nitrogens with two attached hydrogens (primary N) is 1. The predicted molar refractivity (Wildman–Crippen MR) is 90.0 cm³/mol. The fraction of sp³-hybridized carbons (Fsp3) is 0.833. The van der Waals surface area contributed by atoms with E-state index in [4.69, 9.17) is 10.5 Å². The fourth-order valence-corrected chi connectivity index (χ4v) is 2.34. The minimum Gasteiger partial charge on any atom is -0.461 e. The van der Waals surface area contributed by atoms with Crippen LogP contribution in [-0.4, -0.2) is 12.6 Å². The van der Waals surface area contributed by atoms with Crippen molar-refractivity contribution >= 4 is 5.97 Å². The first-order valence-electron chi connectivity index (χ1n) is 8.81. The van der Waals surface area contributed by atoms with Gasteiger partial charge in [-0.15, -0.1) is 0 Å². The Bertz CT molecular complexity index is 284. The van der Waals surface area contributed by atoms with Gasteiger partial charge in [-0.05, 0) is 37.7 Å². The van der Waals surface area contributed by atoms with E-state index in [2.05, 4.69) is 13.8 Å². The van der Waals surface area contributed by atoms with Crippen LogP contribution in [0.15, 0.2) is 11.3 Å². The second-order valence-corrected chi connectivity index (χ2v) is 5.77. The van der Waals surface area contributed by atoms with Crippen molar-refractivity contribution in [1.29, 1.82) is 0 Å². The summed E-state index contributed by atoms with van der Waals surface area (Å²) in [6.45, 7) is 6.86. The third kappa shape index (κ3) is 10.4. The first kappa shape index (κ1) is 20.0. The lowest BCUT2D eigenvalue weighted by molar-refractivity contribution is -0.139. The molecule has 0 amide bonds. The molecule has 0 atom stereocenters. The Balaban J connectivity index is 4.46. The van der Waals surface area contributed by atoms with Gasteiger partial charge in [-0.2, -0.15) is 0 Å². The largest absolute Gasteiger partial charge is 0.461 e. The molecule has 0 aliphatic carbocycles. The van der Waals surface area contributed by atoms with E-state index >= 15 is 0 Å². The smallest absolute Gasteiger partial charge is 0.354 e. The lowest BCUT2D eigenvalue weighted by Crippen LogP contribution is -2.18. The van der Waals surface area contributed by atoms with Crippen molar-refractivity contribution in [2.24, 2.45) is 5.73 Å². The number of esters is 1. The van der Waals surface area contributed by atoms with E-state index in [-0.39, 0.29) is 5.97 Å². The number of allylic oxidation sites excluding steroid dienone is 1. The number of unbranched alkanes of at least 4 members (excludes halogenated alkanes) is 6. The highest BCUT2D eigenvalue weighted by Gasteiger charge is 2.13. The Kier molecular flexibility index (Phi) is 13.3. The van der Waals surface area contributed by atoms with Gasteiger partial charge in [0.25, 0.3) is 0 Å². The van der Waals surface area contributed by atoms with Gasteiger partial charge in [-0.1, -0.05) is 59.3 Å². The van der Waals surface area contributed by atoms with E-state index < -0.39 is 0 Å². The Labute approximate surface area is 131 Å². The highest BCUT2D eigenvalue weighted by atomic mass is 16.5. The topological polar surface area (TPSA) is 52.3 Å². The van der Waals surface area contributed by atoms with Crippen molar-refractivity contribution in [2.75, 3.05) is 6.61 Å². The van der Waals surface area contributed by atoms with Crippen molar-refractivity contribution in [3.8, 4) is 0 Å². The molecule has 21 heavy (non-hydrogen) atoms. The zero-order chi connectivity index (χ0) is 15.9. The van der Waals surface area contributed by atoms with Crippen LogP contribution in [0.3, 0.4) is 0 Å². The van der Waals surface area contributed by atoms with Crippen molar-refractivity contribution in [3.63, 3.8) is 0 Å². The zero-order valence-electron chi connectivity index (χ0n) is 14.4. The Morgan fingerprint density at radius 3 is 1.76 bits per heavy atom. The molecule has 0 radical (unpaired) electrons. The SMILES string of the molecule is CCCCCCC(CCCCCC)=C(N)C(=O)OCCC. The van der Waals surface area contributed by atoms with Gasteiger partial charge in [0.1, 0.15) is 5.70 Å². The maximum atomic E-state index is 11.9. The van der Waals surface area contributed by atoms with Gasteiger partial charge in [0, 0.05) is 0 Å². The molecule has 3 heteroatoms.